The van der Waals surface area contributed by atoms with Crippen LogP contribution in [-0.4, -0.2) is 83.5 Å². The van der Waals surface area contributed by atoms with E-state index in [1.54, 1.807) is 11.8 Å². The number of benzene rings is 3. The maximum atomic E-state index is 13.5. The van der Waals surface area contributed by atoms with E-state index in [-0.39, 0.29) is 18.1 Å². The largest absolute Gasteiger partial charge is 0.481 e. The summed E-state index contributed by atoms with van der Waals surface area (Å²) in [5.41, 5.74) is 5.99. The molecule has 9 nitrogen and oxygen atoms in total. The van der Waals surface area contributed by atoms with Gasteiger partial charge in [-0.25, -0.2) is 13.2 Å². The van der Waals surface area contributed by atoms with E-state index in [4.69, 9.17) is 5.11 Å². The van der Waals surface area contributed by atoms with Gasteiger partial charge in [0.2, 0.25) is 0 Å². The molecule has 0 bridgehead atoms. The van der Waals surface area contributed by atoms with Crippen molar-refractivity contribution in [1.82, 2.24) is 10.2 Å². The number of thioether (sulfide) groups is 1. The topological polar surface area (TPSA) is 141 Å². The number of carboxylic acids is 2. The van der Waals surface area contributed by atoms with Crippen LogP contribution in [-0.2, 0) is 32.4 Å². The van der Waals surface area contributed by atoms with Crippen LogP contribution in [0.3, 0.4) is 0 Å². The fraction of sp³-hybridized carbons (Fsp3) is 0.475. The Balaban J connectivity index is 0.000000551. The SMILES string of the molecule is CC(CCS(C)(=O)=O)C(=O)O.CCCC1CC[C@@H](Cc2ccccc2)N1Cc1ccc(C(=O)NC(CCSC)C(=O)O)c(-c2ccccc2C)c1. The van der Waals surface area contributed by atoms with Gasteiger partial charge in [-0.05, 0) is 97.4 Å². The second-order valence-corrected chi connectivity index (χ2v) is 16.8. The Hall–Kier alpha value is -3.67. The molecule has 11 heteroatoms. The van der Waals surface area contributed by atoms with Crippen LogP contribution < -0.4 is 5.32 Å². The smallest absolute Gasteiger partial charge is 0.326 e. The van der Waals surface area contributed by atoms with Gasteiger partial charge in [0.25, 0.3) is 5.91 Å². The van der Waals surface area contributed by atoms with Crippen molar-refractivity contribution in [1.29, 1.82) is 0 Å². The van der Waals surface area contributed by atoms with Gasteiger partial charge in [0.1, 0.15) is 15.9 Å². The summed E-state index contributed by atoms with van der Waals surface area (Å²) in [6.45, 7) is 6.63. The van der Waals surface area contributed by atoms with E-state index in [2.05, 4.69) is 72.6 Å². The highest BCUT2D eigenvalue weighted by molar-refractivity contribution is 7.98. The summed E-state index contributed by atoms with van der Waals surface area (Å²) < 4.78 is 21.1. The second-order valence-electron chi connectivity index (χ2n) is 13.5. The lowest BCUT2D eigenvalue weighted by Gasteiger charge is -2.31. The van der Waals surface area contributed by atoms with E-state index in [1.165, 1.54) is 37.3 Å². The number of aryl methyl sites for hydroxylation is 1. The lowest BCUT2D eigenvalue weighted by Crippen LogP contribution is -2.41. The van der Waals surface area contributed by atoms with Crippen molar-refractivity contribution in [3.63, 3.8) is 0 Å². The number of hydrogen-bond donors (Lipinski definition) is 3. The van der Waals surface area contributed by atoms with E-state index < -0.39 is 33.7 Å². The van der Waals surface area contributed by atoms with Gasteiger partial charge in [0.05, 0.1) is 11.7 Å². The second kappa shape index (κ2) is 20.4. The van der Waals surface area contributed by atoms with Crippen molar-refractivity contribution < 1.29 is 33.0 Å². The molecule has 278 valence electrons. The van der Waals surface area contributed by atoms with E-state index >= 15 is 0 Å². The van der Waals surface area contributed by atoms with Crippen molar-refractivity contribution in [3.8, 4) is 11.1 Å². The van der Waals surface area contributed by atoms with Gasteiger partial charge < -0.3 is 15.5 Å². The van der Waals surface area contributed by atoms with Gasteiger partial charge in [-0.1, -0.05) is 80.9 Å². The lowest BCUT2D eigenvalue weighted by atomic mass is 9.93. The molecule has 1 aliphatic heterocycles. The third-order valence-electron chi connectivity index (χ3n) is 9.39. The van der Waals surface area contributed by atoms with Crippen molar-refractivity contribution in [2.75, 3.05) is 24.0 Å². The number of carboxylic acid groups (broad SMARTS) is 2. The van der Waals surface area contributed by atoms with Crippen LogP contribution >= 0.6 is 11.8 Å². The van der Waals surface area contributed by atoms with Crippen LogP contribution in [0.4, 0.5) is 0 Å². The Morgan fingerprint density at radius 2 is 1.57 bits per heavy atom. The Morgan fingerprint density at radius 3 is 2.18 bits per heavy atom. The molecule has 1 aliphatic rings. The summed E-state index contributed by atoms with van der Waals surface area (Å²) in [6, 6.07) is 25.0. The highest BCUT2D eigenvalue weighted by atomic mass is 32.2. The summed E-state index contributed by atoms with van der Waals surface area (Å²) in [6.07, 6.45) is 9.40. The lowest BCUT2D eigenvalue weighted by molar-refractivity contribution is -0.141. The molecular weight excluding hydrogens is 685 g/mol. The van der Waals surface area contributed by atoms with Crippen LogP contribution in [0.1, 0.15) is 79.4 Å². The predicted molar refractivity (Wildman–Crippen MR) is 207 cm³/mol. The molecular formula is C40H54N2O7S2. The molecule has 3 N–H and O–H groups in total. The molecule has 0 aliphatic carbocycles. The molecule has 4 rings (SSSR count). The molecule has 3 aromatic rings. The van der Waals surface area contributed by atoms with E-state index in [9.17, 15) is 27.9 Å². The Bertz CT molecular complexity index is 1700. The fourth-order valence-electron chi connectivity index (χ4n) is 6.46. The van der Waals surface area contributed by atoms with E-state index in [0.717, 1.165) is 42.3 Å². The normalized spacial score (nSPS) is 17.2. The standard InChI is InChI=1S/C34H42N2O3S.C6H12O4S/c1-4-10-27-16-17-28(21-25-12-6-5-7-13-25)36(27)23-26-15-18-30(31(22-26)29-14-9-8-11-24(29)2)33(37)35-32(34(38)39)19-20-40-3;1-5(6(7)8)3-4-11(2,9)10/h5-9,11-15,18,22,27-28,32H,4,10,16-17,19-21,23H2,1-3H3,(H,35,37)(H,38,39);5H,3-4H2,1-2H3,(H,7,8)/t27?,28-,32?;/m0./s1. The molecule has 3 unspecified atom stereocenters. The Kier molecular flexibility index (Phi) is 16.7. The van der Waals surface area contributed by atoms with Gasteiger partial charge in [0.15, 0.2) is 0 Å². The quantitative estimate of drug-likeness (QED) is 0.132. The summed E-state index contributed by atoms with van der Waals surface area (Å²) in [7, 11) is -3.02. The molecule has 1 amide bonds. The maximum Gasteiger partial charge on any atom is 0.326 e. The maximum absolute atomic E-state index is 13.5. The van der Waals surface area contributed by atoms with Gasteiger partial charge in [0, 0.05) is 30.4 Å². The van der Waals surface area contributed by atoms with Crippen molar-refractivity contribution >= 4 is 39.4 Å². The molecule has 1 saturated heterocycles. The average molecular weight is 739 g/mol. The molecule has 0 aromatic heterocycles. The third-order valence-corrected chi connectivity index (χ3v) is 11.0. The van der Waals surface area contributed by atoms with Gasteiger partial charge >= 0.3 is 11.9 Å². The van der Waals surface area contributed by atoms with Crippen LogP contribution in [0.2, 0.25) is 0 Å². The average Bonchev–Trinajstić information content (AvgIpc) is 3.45. The van der Waals surface area contributed by atoms with Crippen molar-refractivity contribution in [3.05, 3.63) is 95.1 Å². The highest BCUT2D eigenvalue weighted by Crippen LogP contribution is 2.33. The zero-order valence-corrected chi connectivity index (χ0v) is 32.1. The third kappa shape index (κ3) is 13.4. The first-order valence-electron chi connectivity index (χ1n) is 17.7. The number of amides is 1. The number of nitrogens with zero attached hydrogens (tertiary/aromatic N) is 1. The molecule has 1 heterocycles. The highest BCUT2D eigenvalue weighted by Gasteiger charge is 2.33. The number of carbonyl (C=O) groups excluding carboxylic acids is 1. The number of sulfone groups is 1. The number of hydrogen-bond acceptors (Lipinski definition) is 7. The first-order valence-corrected chi connectivity index (χ1v) is 21.1. The molecule has 0 spiro atoms. The van der Waals surface area contributed by atoms with Crippen LogP contribution in [0.15, 0.2) is 72.8 Å². The molecule has 4 atom stereocenters. The number of carbonyl (C=O) groups is 3. The summed E-state index contributed by atoms with van der Waals surface area (Å²) in [4.78, 5) is 38.2. The van der Waals surface area contributed by atoms with E-state index in [0.29, 0.717) is 29.8 Å². The first-order chi connectivity index (χ1) is 24.2. The minimum absolute atomic E-state index is 0.0551. The molecule has 1 fully saturated rings. The van der Waals surface area contributed by atoms with Gasteiger partial charge in [-0.3, -0.25) is 14.5 Å². The zero-order valence-electron chi connectivity index (χ0n) is 30.5. The number of aliphatic carboxylic acids is 2. The zero-order chi connectivity index (χ0) is 37.6. The first kappa shape index (κ1) is 41.7. The molecule has 0 saturated carbocycles. The van der Waals surface area contributed by atoms with Crippen LogP contribution in [0.5, 0.6) is 0 Å². The predicted octanol–water partition coefficient (Wildman–Crippen LogP) is 7.12. The van der Waals surface area contributed by atoms with Gasteiger partial charge in [-0.2, -0.15) is 11.8 Å². The van der Waals surface area contributed by atoms with Crippen molar-refractivity contribution in [2.45, 2.75) is 90.4 Å². The minimum atomic E-state index is -3.02. The van der Waals surface area contributed by atoms with Crippen LogP contribution in [0.25, 0.3) is 11.1 Å². The number of likely N-dealkylation sites (tertiary alicyclic amines) is 1. The van der Waals surface area contributed by atoms with Crippen molar-refractivity contribution in [2.24, 2.45) is 5.92 Å². The number of nitrogens with one attached hydrogen (secondary N) is 1. The number of rotatable bonds is 17. The summed E-state index contributed by atoms with van der Waals surface area (Å²) in [5, 5.41) is 20.9. The van der Waals surface area contributed by atoms with E-state index in [1.807, 2.05) is 30.5 Å². The minimum Gasteiger partial charge on any atom is -0.481 e. The van der Waals surface area contributed by atoms with Gasteiger partial charge in [-0.15, -0.1) is 0 Å². The Labute approximate surface area is 308 Å². The fourth-order valence-corrected chi connectivity index (χ4v) is 7.71. The molecule has 51 heavy (non-hydrogen) atoms. The molecule has 3 aromatic carbocycles. The van der Waals surface area contributed by atoms with Crippen LogP contribution in [0, 0.1) is 12.8 Å². The molecule has 0 radical (unpaired) electrons. The summed E-state index contributed by atoms with van der Waals surface area (Å²) in [5.74, 6) is -2.26. The summed E-state index contributed by atoms with van der Waals surface area (Å²) >= 11 is 1.57. The monoisotopic (exact) mass is 738 g/mol. The Morgan fingerprint density at radius 1 is 0.902 bits per heavy atom.